The van der Waals surface area contributed by atoms with E-state index < -0.39 is 73.4 Å². The van der Waals surface area contributed by atoms with Gasteiger partial charge in [-0.15, -0.1) is 0 Å². The van der Waals surface area contributed by atoms with E-state index in [1.807, 2.05) is 101 Å². The Balaban J connectivity index is 0.000000414. The lowest BCUT2D eigenvalue weighted by Crippen LogP contribution is -2.45. The highest BCUT2D eigenvalue weighted by Gasteiger charge is 2.42. The molecule has 2 aromatic heterocycles. The van der Waals surface area contributed by atoms with Crippen LogP contribution < -0.4 is 24.5 Å². The molecule has 0 bridgehead atoms. The lowest BCUT2D eigenvalue weighted by Gasteiger charge is -2.39. The van der Waals surface area contributed by atoms with Gasteiger partial charge in [0.25, 0.3) is 0 Å². The Morgan fingerprint density at radius 3 is 1.12 bits per heavy atom. The van der Waals surface area contributed by atoms with Gasteiger partial charge in [-0.2, -0.15) is 0 Å². The Morgan fingerprint density at radius 2 is 0.827 bits per heavy atom. The maximum Gasteiger partial charge on any atom is 0.308 e. The summed E-state index contributed by atoms with van der Waals surface area (Å²) in [4.78, 5) is 80.7. The first-order chi connectivity index (χ1) is 47.4. The van der Waals surface area contributed by atoms with Crippen molar-refractivity contribution in [3.8, 4) is 22.5 Å². The fourth-order valence-corrected chi connectivity index (χ4v) is 17.3. The number of esters is 2. The smallest absolute Gasteiger partial charge is 0.308 e. The summed E-state index contributed by atoms with van der Waals surface area (Å²) in [5.41, 5.74) is 3.36. The summed E-state index contributed by atoms with van der Waals surface area (Å²) in [5, 5.41) is 3.14. The Morgan fingerprint density at radius 1 is 0.510 bits per heavy atom. The average molecular weight is 1530 g/mol. The largest absolute Gasteiger partial charge is 0.469 e. The number of nitrogens with zero attached hydrogens (tertiary/aromatic N) is 6. The Hall–Kier alpha value is -8.04. The second kappa shape index (κ2) is 38.3. The number of rotatable bonds is 27. The highest BCUT2D eigenvalue weighted by Crippen LogP contribution is 2.45. The Bertz CT molecular complexity index is 4270. The summed E-state index contributed by atoms with van der Waals surface area (Å²) in [7, 11) is -6.41. The van der Waals surface area contributed by atoms with E-state index in [4.69, 9.17) is 18.3 Å². The van der Waals surface area contributed by atoms with Crippen LogP contribution in [0.5, 0.6) is 0 Å². The van der Waals surface area contributed by atoms with Crippen molar-refractivity contribution in [1.82, 2.24) is 19.9 Å². The van der Waals surface area contributed by atoms with Gasteiger partial charge < -0.3 is 18.3 Å². The van der Waals surface area contributed by atoms with Crippen molar-refractivity contribution in [3.63, 3.8) is 0 Å². The number of anilines is 2. The topological polar surface area (TPSA) is 249 Å². The van der Waals surface area contributed by atoms with E-state index in [9.17, 15) is 49.6 Å². The third-order valence-electron chi connectivity index (χ3n) is 17.8. The lowest BCUT2D eigenvalue weighted by atomic mass is 9.97. The molecule has 5 aromatic carbocycles. The number of carbonyl (C=O) groups is 5. The molecule has 0 aliphatic rings. The number of aromatic nitrogens is 4. The van der Waals surface area contributed by atoms with Crippen molar-refractivity contribution in [3.05, 3.63) is 180 Å². The van der Waals surface area contributed by atoms with E-state index in [1.165, 1.54) is 82.9 Å². The van der Waals surface area contributed by atoms with E-state index in [0.29, 0.717) is 40.1 Å². The standard InChI is InChI=1S/C31H39O4PSi.C29H42FN3O6SSi.C16H18FN3O3S.2CH4/c1-31(2,3)37(5,6)35-26(23-30(33)34-4)22-25(32)24-36(27-16-10-7-11-17-27,28-18-12-8-13-19-28)29-20-14-9-15-21-29;1-19(2)26-24(16-15-22(34)17-23(18-25(35)38-7)39-41(9,10)29(3,4)5)27(20-11-13-21(30)14-12-20)32-28(31-26)33(6)40(8,36)37;1-10(2)14-13(9-21)15(11-5-7-12(17)8-6-11)19-16(18-14)20(3)24(4,22)23;;/h7-21,24,26H,22-23H2,1-6H3;11-16,19,23H,17-18H2,1-10H3;5-10H,1-4H3;2*1H4/b;16-15+;;;/t26-;23-;;;/m00.../s1. The molecule has 0 spiro atoms. The van der Waals surface area contributed by atoms with Crippen LogP contribution in [0.3, 0.4) is 0 Å². The van der Waals surface area contributed by atoms with Crippen LogP contribution in [0.1, 0.15) is 149 Å². The molecule has 0 radical (unpaired) electrons. The monoisotopic (exact) mass is 1520 g/mol. The molecule has 0 unspecified atom stereocenters. The van der Waals surface area contributed by atoms with E-state index in [0.717, 1.165) is 37.0 Å². The molecule has 19 nitrogen and oxygen atoms in total. The van der Waals surface area contributed by atoms with Gasteiger partial charge in [0.1, 0.15) is 11.6 Å². The molecule has 0 aliphatic heterocycles. The number of halogens is 2. The van der Waals surface area contributed by atoms with Crippen LogP contribution >= 0.6 is 6.89 Å². The van der Waals surface area contributed by atoms with Gasteiger partial charge in [0.05, 0.1) is 80.1 Å². The van der Waals surface area contributed by atoms with Gasteiger partial charge >= 0.3 is 11.9 Å². The third-order valence-corrected chi connectivity index (χ3v) is 33.2. The number of hydrogen-bond donors (Lipinski definition) is 0. The summed E-state index contributed by atoms with van der Waals surface area (Å²) in [6.45, 7) is 26.1. The number of carbonyl (C=O) groups excluding carboxylic acids is 5. The van der Waals surface area contributed by atoms with Gasteiger partial charge in [-0.3, -0.25) is 24.0 Å². The third kappa shape index (κ3) is 24.5. The number of benzene rings is 5. The molecule has 0 amide bonds. The Labute approximate surface area is 619 Å². The van der Waals surface area contributed by atoms with Crippen LogP contribution in [0.25, 0.3) is 28.6 Å². The van der Waals surface area contributed by atoms with Gasteiger partial charge in [-0.25, -0.2) is 54.2 Å². The second-order valence-electron chi connectivity index (χ2n) is 28.3. The first-order valence-electron chi connectivity index (χ1n) is 33.2. The molecule has 0 saturated carbocycles. The van der Waals surface area contributed by atoms with E-state index >= 15 is 0 Å². The molecule has 7 aromatic rings. The number of aldehydes is 1. The molecule has 0 fully saturated rings. The van der Waals surface area contributed by atoms with Crippen LogP contribution in [-0.2, 0) is 57.6 Å². The average Bonchev–Trinajstić information content (AvgIpc) is 0.765. The zero-order valence-electron chi connectivity index (χ0n) is 62.2. The van der Waals surface area contributed by atoms with Crippen molar-refractivity contribution in [2.24, 2.45) is 0 Å². The molecule has 2 atom stereocenters. The first-order valence-corrected chi connectivity index (χ1v) is 44.6. The fourth-order valence-electron chi connectivity index (χ4n) is 10.0. The SMILES string of the molecule is C.C.CC(C)c1nc(N(C)S(C)(=O)=O)nc(-c2ccc(F)cc2)c1C=O.COC(=O)C[C@H](CC(=O)/C=C/c1c(-c2ccc(F)cc2)nc(N(C)S(C)(=O)=O)nc1C(C)C)O[Si](C)(C)C(C)(C)C.COC(=O)C[C@H](CC(=O)C=P(c1ccccc1)(c1ccccc1)c1ccccc1)O[Si](C)(C)C(C)(C)C. The maximum absolute atomic E-state index is 13.9. The normalized spacial score (nSPS) is 12.6. The van der Waals surface area contributed by atoms with Gasteiger partial charge in [0, 0.05) is 43.6 Å². The summed E-state index contributed by atoms with van der Waals surface area (Å²) < 4.78 is 99.7. The first kappa shape index (κ1) is 90.2. The molecule has 0 aliphatic carbocycles. The van der Waals surface area contributed by atoms with Crippen molar-refractivity contribution < 1.29 is 67.9 Å². The summed E-state index contributed by atoms with van der Waals surface area (Å²) in [5.74, 6) is -0.460. The quantitative estimate of drug-likeness (QED) is 0.0153. The van der Waals surface area contributed by atoms with Crippen LogP contribution in [0, 0.1) is 11.6 Å². The number of hydrogen-bond acceptors (Lipinski definition) is 17. The van der Waals surface area contributed by atoms with Crippen LogP contribution in [0.15, 0.2) is 146 Å². The van der Waals surface area contributed by atoms with E-state index in [1.54, 1.807) is 6.08 Å². The van der Waals surface area contributed by atoms with Crippen LogP contribution in [0.2, 0.25) is 36.3 Å². The molecule has 0 N–H and O–H groups in total. The van der Waals surface area contributed by atoms with Crippen molar-refractivity contribution >= 4 is 113 Å². The van der Waals surface area contributed by atoms with Crippen LogP contribution in [0.4, 0.5) is 20.7 Å². The molecule has 566 valence electrons. The number of sulfonamides is 2. The Kier molecular flexibility index (Phi) is 33.2. The minimum absolute atomic E-state index is 0. The zero-order valence-corrected chi connectivity index (χ0v) is 66.8. The van der Waals surface area contributed by atoms with Crippen molar-refractivity contribution in [2.75, 3.05) is 49.4 Å². The second-order valence-corrected chi connectivity index (χ2v) is 45.1. The highest BCUT2D eigenvalue weighted by molar-refractivity contribution is 7.95. The predicted octanol–water partition coefficient (Wildman–Crippen LogP) is 15.3. The van der Waals surface area contributed by atoms with Gasteiger partial charge in [0.2, 0.25) is 31.9 Å². The summed E-state index contributed by atoms with van der Waals surface area (Å²) in [6, 6.07) is 41.9. The molecular weight excluding hydrogens is 1420 g/mol. The molecule has 26 heteroatoms. The molecule has 0 saturated heterocycles. The van der Waals surface area contributed by atoms with E-state index in [2.05, 4.69) is 111 Å². The molecule has 104 heavy (non-hydrogen) atoms. The summed E-state index contributed by atoms with van der Waals surface area (Å²) >= 11 is 0. The number of ketones is 2. The number of methoxy groups -OCH3 is 2. The van der Waals surface area contributed by atoms with Gasteiger partial charge in [0.15, 0.2) is 34.5 Å². The van der Waals surface area contributed by atoms with Crippen molar-refractivity contribution in [2.45, 2.75) is 170 Å². The molecule has 2 heterocycles. The fraction of sp³-hybridized carbons (Fsp3) is 0.410. The highest BCUT2D eigenvalue weighted by atomic mass is 32.2. The van der Waals surface area contributed by atoms with Gasteiger partial charge in [-0.05, 0) is 137 Å². The number of ether oxygens (including phenoxy) is 2. The minimum atomic E-state index is -3.67. The molecular formula is C78H107F2N6O13PS2Si2. The summed E-state index contributed by atoms with van der Waals surface area (Å²) in [6.07, 6.45) is 4.56. The number of Topliss-reactive ketones (excluding diaryl/α,β-unsaturated/α-hetero) is 1. The molecule has 7 rings (SSSR count). The minimum Gasteiger partial charge on any atom is -0.469 e. The lowest BCUT2D eigenvalue weighted by molar-refractivity contribution is -0.144. The van der Waals surface area contributed by atoms with Gasteiger partial charge in [-0.1, -0.05) is 175 Å². The van der Waals surface area contributed by atoms with E-state index in [-0.39, 0.29) is 103 Å². The number of allylic oxidation sites excluding steroid dienone is 1. The maximum atomic E-state index is 13.9. The zero-order chi connectivity index (χ0) is 76.5. The van der Waals surface area contributed by atoms with Crippen LogP contribution in [-0.4, -0.2) is 142 Å². The predicted molar refractivity (Wildman–Crippen MR) is 425 cm³/mol. The van der Waals surface area contributed by atoms with Crippen molar-refractivity contribution in [1.29, 1.82) is 0 Å².